The summed E-state index contributed by atoms with van der Waals surface area (Å²) in [6.07, 6.45) is 1.42. The summed E-state index contributed by atoms with van der Waals surface area (Å²) in [7, 11) is 1.31. The van der Waals surface area contributed by atoms with Crippen LogP contribution in [0, 0.1) is 13.8 Å². The molecule has 1 aromatic carbocycles. The highest BCUT2D eigenvalue weighted by Gasteiger charge is 2.22. The summed E-state index contributed by atoms with van der Waals surface area (Å²) in [5.74, 6) is -0.470. The average Bonchev–Trinajstić information content (AvgIpc) is 2.91. The Morgan fingerprint density at radius 2 is 1.92 bits per heavy atom. The summed E-state index contributed by atoms with van der Waals surface area (Å²) in [6.45, 7) is 5.63. The number of hydrogen-bond acceptors (Lipinski definition) is 5. The van der Waals surface area contributed by atoms with Crippen LogP contribution in [0.3, 0.4) is 0 Å². The quantitative estimate of drug-likeness (QED) is 0.684. The first-order valence-corrected chi connectivity index (χ1v) is 8.40. The second-order valence-electron chi connectivity index (χ2n) is 5.74. The van der Waals surface area contributed by atoms with Crippen LogP contribution in [0.2, 0.25) is 0 Å². The number of nitrogens with zero attached hydrogens (tertiary/aromatic N) is 2. The van der Waals surface area contributed by atoms with Crippen molar-refractivity contribution in [3.05, 3.63) is 51.4 Å². The van der Waals surface area contributed by atoms with Crippen LogP contribution in [0.5, 0.6) is 0 Å². The minimum Gasteiger partial charge on any atom is -0.467 e. The number of fused-ring (bicyclic) bond motifs is 1. The van der Waals surface area contributed by atoms with E-state index in [4.69, 9.17) is 4.74 Å². The van der Waals surface area contributed by atoms with Gasteiger partial charge in [0, 0.05) is 10.4 Å². The van der Waals surface area contributed by atoms with Gasteiger partial charge in [0.25, 0.3) is 5.56 Å². The molecule has 3 rings (SSSR count). The second-order valence-corrected chi connectivity index (χ2v) is 6.94. The number of hydrogen-bond donors (Lipinski definition) is 0. The van der Waals surface area contributed by atoms with E-state index in [1.165, 1.54) is 29.3 Å². The molecule has 2 heterocycles. The van der Waals surface area contributed by atoms with Crippen molar-refractivity contribution < 1.29 is 9.53 Å². The molecule has 6 heteroatoms. The molecule has 0 aliphatic carbocycles. The largest absolute Gasteiger partial charge is 0.467 e. The van der Waals surface area contributed by atoms with E-state index in [0.29, 0.717) is 10.2 Å². The van der Waals surface area contributed by atoms with Crippen molar-refractivity contribution >= 4 is 27.5 Å². The first-order chi connectivity index (χ1) is 11.4. The van der Waals surface area contributed by atoms with E-state index in [1.54, 1.807) is 6.92 Å². The Morgan fingerprint density at radius 1 is 1.25 bits per heavy atom. The number of rotatable bonds is 3. The van der Waals surface area contributed by atoms with E-state index in [0.717, 1.165) is 21.6 Å². The zero-order valence-corrected chi connectivity index (χ0v) is 14.8. The molecular weight excluding hydrogens is 324 g/mol. The van der Waals surface area contributed by atoms with Crippen LogP contribution in [0.25, 0.3) is 21.3 Å². The lowest BCUT2D eigenvalue weighted by Crippen LogP contribution is -2.29. The molecule has 0 aliphatic rings. The molecule has 2 aromatic heterocycles. The highest BCUT2D eigenvalue weighted by Crippen LogP contribution is 2.35. The third-order valence-electron chi connectivity index (χ3n) is 4.11. The van der Waals surface area contributed by atoms with Gasteiger partial charge in [0.15, 0.2) is 0 Å². The van der Waals surface area contributed by atoms with Gasteiger partial charge in [-0.15, -0.1) is 11.3 Å². The molecule has 0 bridgehead atoms. The van der Waals surface area contributed by atoms with Crippen molar-refractivity contribution in [1.82, 2.24) is 9.55 Å². The molecular formula is C18H18N2O3S. The fourth-order valence-corrected chi connectivity index (χ4v) is 3.75. The molecule has 5 nitrogen and oxygen atoms in total. The minimum atomic E-state index is -0.717. The second kappa shape index (κ2) is 6.20. The molecule has 0 saturated carbocycles. The molecule has 1 atom stereocenters. The van der Waals surface area contributed by atoms with E-state index in [9.17, 15) is 9.59 Å². The van der Waals surface area contributed by atoms with Crippen molar-refractivity contribution in [1.29, 1.82) is 0 Å². The highest BCUT2D eigenvalue weighted by atomic mass is 32.1. The number of benzene rings is 1. The van der Waals surface area contributed by atoms with Crippen molar-refractivity contribution in [2.24, 2.45) is 0 Å². The third kappa shape index (κ3) is 2.63. The van der Waals surface area contributed by atoms with Crippen LogP contribution in [-0.4, -0.2) is 22.6 Å². The average molecular weight is 342 g/mol. The number of aryl methyl sites for hydroxylation is 2. The summed E-state index contributed by atoms with van der Waals surface area (Å²) in [6, 6.07) is 7.33. The maximum absolute atomic E-state index is 13.0. The lowest BCUT2D eigenvalue weighted by Gasteiger charge is -2.12. The van der Waals surface area contributed by atoms with E-state index < -0.39 is 12.0 Å². The number of methoxy groups -OCH3 is 1. The number of ether oxygens (including phenoxy) is 1. The van der Waals surface area contributed by atoms with E-state index in [1.807, 2.05) is 38.1 Å². The monoisotopic (exact) mass is 342 g/mol. The van der Waals surface area contributed by atoms with Crippen LogP contribution in [0.1, 0.15) is 23.4 Å². The predicted molar refractivity (Wildman–Crippen MR) is 95.5 cm³/mol. The number of aromatic nitrogens is 2. The standard InChI is InChI=1S/C18H18N2O3S/c1-10-5-7-13(8-6-10)14-12(3)24-16-15(14)17(21)20(9-19-16)11(2)18(22)23-4/h5-9,11H,1-4H3/t11-/m0/s1. The van der Waals surface area contributed by atoms with Crippen LogP contribution >= 0.6 is 11.3 Å². The lowest BCUT2D eigenvalue weighted by atomic mass is 10.0. The van der Waals surface area contributed by atoms with Gasteiger partial charge >= 0.3 is 5.97 Å². The molecule has 0 spiro atoms. The normalized spacial score (nSPS) is 12.3. The zero-order chi connectivity index (χ0) is 17.4. The van der Waals surface area contributed by atoms with E-state index in [-0.39, 0.29) is 5.56 Å². The Bertz CT molecular complexity index is 970. The van der Waals surface area contributed by atoms with Crippen LogP contribution < -0.4 is 5.56 Å². The molecule has 0 aliphatic heterocycles. The van der Waals surface area contributed by atoms with E-state index in [2.05, 4.69) is 4.98 Å². The SMILES string of the molecule is COC(=O)[C@H](C)n1cnc2sc(C)c(-c3ccc(C)cc3)c2c1=O. The van der Waals surface area contributed by atoms with E-state index >= 15 is 0 Å². The van der Waals surface area contributed by atoms with Crippen molar-refractivity contribution in [2.45, 2.75) is 26.8 Å². The molecule has 0 amide bonds. The maximum atomic E-state index is 13.0. The Hall–Kier alpha value is -2.47. The fraction of sp³-hybridized carbons (Fsp3) is 0.278. The summed E-state index contributed by atoms with van der Waals surface area (Å²) in [5, 5.41) is 0.555. The molecule has 24 heavy (non-hydrogen) atoms. The fourth-order valence-electron chi connectivity index (χ4n) is 2.74. The van der Waals surface area contributed by atoms with Gasteiger partial charge in [-0.1, -0.05) is 29.8 Å². The predicted octanol–water partition coefficient (Wildman–Crippen LogP) is 3.48. The molecule has 3 aromatic rings. The Morgan fingerprint density at radius 3 is 2.54 bits per heavy atom. The summed E-state index contributed by atoms with van der Waals surface area (Å²) < 4.78 is 6.07. The molecule has 0 fully saturated rings. The Kier molecular flexibility index (Phi) is 4.24. The van der Waals surface area contributed by atoms with Crippen molar-refractivity contribution in [3.63, 3.8) is 0 Å². The number of thiophene rings is 1. The van der Waals surface area contributed by atoms with Gasteiger partial charge in [-0.05, 0) is 26.3 Å². The van der Waals surface area contributed by atoms with Gasteiger partial charge in [0.1, 0.15) is 10.9 Å². The van der Waals surface area contributed by atoms with Gasteiger partial charge in [0.05, 0.1) is 18.8 Å². The number of esters is 1. The molecule has 0 radical (unpaired) electrons. The third-order valence-corrected chi connectivity index (χ3v) is 5.13. The van der Waals surface area contributed by atoms with Crippen LogP contribution in [0.15, 0.2) is 35.4 Å². The topological polar surface area (TPSA) is 61.2 Å². The van der Waals surface area contributed by atoms with Gasteiger partial charge < -0.3 is 4.74 Å². The first-order valence-electron chi connectivity index (χ1n) is 7.59. The van der Waals surface area contributed by atoms with Crippen LogP contribution in [0.4, 0.5) is 0 Å². The smallest absolute Gasteiger partial charge is 0.328 e. The van der Waals surface area contributed by atoms with Gasteiger partial charge in [-0.2, -0.15) is 0 Å². The maximum Gasteiger partial charge on any atom is 0.328 e. The van der Waals surface area contributed by atoms with Gasteiger partial charge in [0.2, 0.25) is 0 Å². The Labute approximate surface area is 143 Å². The van der Waals surface area contributed by atoms with Crippen LogP contribution in [-0.2, 0) is 9.53 Å². The summed E-state index contributed by atoms with van der Waals surface area (Å²) in [4.78, 5) is 30.9. The molecule has 0 saturated heterocycles. The van der Waals surface area contributed by atoms with Crippen molar-refractivity contribution in [2.75, 3.05) is 7.11 Å². The molecule has 0 unspecified atom stereocenters. The van der Waals surface area contributed by atoms with Gasteiger partial charge in [-0.3, -0.25) is 9.36 Å². The first kappa shape index (κ1) is 16.4. The zero-order valence-electron chi connectivity index (χ0n) is 14.0. The number of carbonyl (C=O) groups is 1. The van der Waals surface area contributed by atoms with Crippen molar-refractivity contribution in [3.8, 4) is 11.1 Å². The molecule has 0 N–H and O–H groups in total. The number of carbonyl (C=O) groups excluding carboxylic acids is 1. The molecule has 124 valence electrons. The summed E-state index contributed by atoms with van der Waals surface area (Å²) in [5.41, 5.74) is 2.80. The van der Waals surface area contributed by atoms with Gasteiger partial charge in [-0.25, -0.2) is 9.78 Å². The summed E-state index contributed by atoms with van der Waals surface area (Å²) >= 11 is 1.49. The minimum absolute atomic E-state index is 0.224. The Balaban J connectivity index is 2.27. The highest BCUT2D eigenvalue weighted by molar-refractivity contribution is 7.19. The lowest BCUT2D eigenvalue weighted by molar-refractivity contribution is -0.144.